The third kappa shape index (κ3) is 2.37. The van der Waals surface area contributed by atoms with Crippen molar-refractivity contribution in [3.63, 3.8) is 0 Å². The number of rotatable bonds is 4. The molecule has 0 saturated carbocycles. The SMILES string of the molecule is CCCCC(=O)N1CCc2onc(C(=O)O)c2C1. The van der Waals surface area contributed by atoms with Gasteiger partial charge in [-0.05, 0) is 6.42 Å². The third-order valence-electron chi connectivity index (χ3n) is 3.13. The molecule has 1 aliphatic rings. The Bertz CT molecular complexity index is 467. The standard InChI is InChI=1S/C12H16N2O4/c1-2-3-4-10(15)14-6-5-9-8(7-14)11(12(16)17)13-18-9/h2-7H2,1H3,(H,16,17). The van der Waals surface area contributed by atoms with Crippen molar-refractivity contribution in [2.24, 2.45) is 0 Å². The first-order valence-corrected chi connectivity index (χ1v) is 6.12. The molecule has 1 N–H and O–H groups in total. The lowest BCUT2D eigenvalue weighted by Crippen LogP contribution is -2.35. The van der Waals surface area contributed by atoms with E-state index < -0.39 is 5.97 Å². The lowest BCUT2D eigenvalue weighted by Gasteiger charge is -2.26. The molecule has 1 amide bonds. The molecule has 1 aromatic heterocycles. The van der Waals surface area contributed by atoms with E-state index in [9.17, 15) is 9.59 Å². The highest BCUT2D eigenvalue weighted by Crippen LogP contribution is 2.23. The van der Waals surface area contributed by atoms with Crippen molar-refractivity contribution in [3.05, 3.63) is 17.0 Å². The van der Waals surface area contributed by atoms with Crippen LogP contribution in [0.2, 0.25) is 0 Å². The molecule has 98 valence electrons. The van der Waals surface area contributed by atoms with Gasteiger partial charge in [0.15, 0.2) is 5.69 Å². The first-order valence-electron chi connectivity index (χ1n) is 6.12. The molecule has 0 atom stereocenters. The fourth-order valence-electron chi connectivity index (χ4n) is 2.08. The molecule has 0 spiro atoms. The summed E-state index contributed by atoms with van der Waals surface area (Å²) in [4.78, 5) is 24.5. The molecule has 18 heavy (non-hydrogen) atoms. The zero-order valence-electron chi connectivity index (χ0n) is 10.3. The van der Waals surface area contributed by atoms with Gasteiger partial charge in [-0.25, -0.2) is 4.79 Å². The number of carbonyl (C=O) groups excluding carboxylic acids is 1. The van der Waals surface area contributed by atoms with Crippen molar-refractivity contribution in [2.45, 2.75) is 39.2 Å². The molecule has 6 heteroatoms. The predicted molar refractivity (Wildman–Crippen MR) is 62.1 cm³/mol. The number of nitrogens with zero attached hydrogens (tertiary/aromatic N) is 2. The molecule has 0 fully saturated rings. The summed E-state index contributed by atoms with van der Waals surface area (Å²) in [5.74, 6) is -0.449. The Morgan fingerprint density at radius 3 is 2.94 bits per heavy atom. The second-order valence-electron chi connectivity index (χ2n) is 4.41. The predicted octanol–water partition coefficient (Wildman–Crippen LogP) is 1.45. The zero-order valence-corrected chi connectivity index (χ0v) is 10.3. The molecular weight excluding hydrogens is 236 g/mol. The van der Waals surface area contributed by atoms with E-state index in [1.807, 2.05) is 6.92 Å². The highest BCUT2D eigenvalue weighted by molar-refractivity contribution is 5.87. The normalized spacial score (nSPS) is 14.4. The highest BCUT2D eigenvalue weighted by atomic mass is 16.5. The number of unbranched alkanes of at least 4 members (excludes halogenated alkanes) is 1. The van der Waals surface area contributed by atoms with Crippen molar-refractivity contribution in [1.82, 2.24) is 10.1 Å². The third-order valence-corrected chi connectivity index (χ3v) is 3.13. The monoisotopic (exact) mass is 252 g/mol. The fraction of sp³-hybridized carbons (Fsp3) is 0.583. The van der Waals surface area contributed by atoms with Crippen LogP contribution in [-0.4, -0.2) is 33.6 Å². The molecule has 0 bridgehead atoms. The van der Waals surface area contributed by atoms with Gasteiger partial charge in [0, 0.05) is 24.9 Å². The van der Waals surface area contributed by atoms with Crippen molar-refractivity contribution < 1.29 is 19.2 Å². The molecule has 0 saturated heterocycles. The largest absolute Gasteiger partial charge is 0.476 e. The Kier molecular flexibility index (Phi) is 3.64. The van der Waals surface area contributed by atoms with Crippen LogP contribution in [0.5, 0.6) is 0 Å². The minimum Gasteiger partial charge on any atom is -0.476 e. The molecular formula is C12H16N2O4. The van der Waals surface area contributed by atoms with Gasteiger partial charge in [0.05, 0.1) is 6.54 Å². The number of fused-ring (bicyclic) bond motifs is 1. The summed E-state index contributed by atoms with van der Waals surface area (Å²) in [5, 5.41) is 12.5. The van der Waals surface area contributed by atoms with E-state index in [1.165, 1.54) is 0 Å². The van der Waals surface area contributed by atoms with Gasteiger partial charge >= 0.3 is 5.97 Å². The van der Waals surface area contributed by atoms with Crippen LogP contribution < -0.4 is 0 Å². The summed E-state index contributed by atoms with van der Waals surface area (Å²) in [6, 6.07) is 0. The number of carbonyl (C=O) groups is 2. The number of carboxylic acid groups (broad SMARTS) is 1. The number of amides is 1. The summed E-state index contributed by atoms with van der Waals surface area (Å²) in [6.45, 7) is 2.90. The van der Waals surface area contributed by atoms with Gasteiger partial charge < -0.3 is 14.5 Å². The van der Waals surface area contributed by atoms with Gasteiger partial charge in [-0.3, -0.25) is 4.79 Å². The van der Waals surface area contributed by atoms with Crippen LogP contribution in [0.15, 0.2) is 4.52 Å². The van der Waals surface area contributed by atoms with Gasteiger partial charge in [0.2, 0.25) is 5.91 Å². The lowest BCUT2D eigenvalue weighted by molar-refractivity contribution is -0.132. The summed E-state index contributed by atoms with van der Waals surface area (Å²) < 4.78 is 4.99. The average Bonchev–Trinajstić information content (AvgIpc) is 2.78. The number of aromatic carboxylic acids is 1. The topological polar surface area (TPSA) is 83.6 Å². The van der Waals surface area contributed by atoms with Crippen LogP contribution >= 0.6 is 0 Å². The minimum absolute atomic E-state index is 0.0695. The van der Waals surface area contributed by atoms with Crippen LogP contribution in [0.4, 0.5) is 0 Å². The van der Waals surface area contributed by atoms with Gasteiger partial charge in [-0.1, -0.05) is 18.5 Å². The molecule has 1 aromatic rings. The van der Waals surface area contributed by atoms with E-state index in [1.54, 1.807) is 4.90 Å². The van der Waals surface area contributed by atoms with Crippen molar-refractivity contribution >= 4 is 11.9 Å². The van der Waals surface area contributed by atoms with Crippen LogP contribution in [0.1, 0.15) is 48.0 Å². The minimum atomic E-state index is -1.11. The smallest absolute Gasteiger partial charge is 0.358 e. The quantitative estimate of drug-likeness (QED) is 0.876. The molecule has 0 unspecified atom stereocenters. The van der Waals surface area contributed by atoms with Crippen LogP contribution in [0.3, 0.4) is 0 Å². The first kappa shape index (κ1) is 12.6. The van der Waals surface area contributed by atoms with E-state index in [-0.39, 0.29) is 11.6 Å². The molecule has 2 rings (SSSR count). The number of hydrogen-bond donors (Lipinski definition) is 1. The van der Waals surface area contributed by atoms with E-state index in [0.29, 0.717) is 37.3 Å². The lowest BCUT2D eigenvalue weighted by atomic mass is 10.1. The van der Waals surface area contributed by atoms with E-state index in [0.717, 1.165) is 12.8 Å². The molecule has 2 heterocycles. The van der Waals surface area contributed by atoms with Gasteiger partial charge in [0.1, 0.15) is 5.76 Å². The maximum atomic E-state index is 11.9. The molecule has 0 aromatic carbocycles. The Morgan fingerprint density at radius 1 is 1.50 bits per heavy atom. The second kappa shape index (κ2) is 5.20. The molecule has 1 aliphatic heterocycles. The Balaban J connectivity index is 2.11. The maximum absolute atomic E-state index is 11.9. The Labute approximate surface area is 105 Å². The van der Waals surface area contributed by atoms with Crippen molar-refractivity contribution in [2.75, 3.05) is 6.54 Å². The van der Waals surface area contributed by atoms with E-state index in [4.69, 9.17) is 9.63 Å². The van der Waals surface area contributed by atoms with Crippen molar-refractivity contribution in [1.29, 1.82) is 0 Å². The summed E-state index contributed by atoms with van der Waals surface area (Å²) >= 11 is 0. The van der Waals surface area contributed by atoms with E-state index >= 15 is 0 Å². The molecule has 0 radical (unpaired) electrons. The summed E-state index contributed by atoms with van der Waals surface area (Å²) in [5.41, 5.74) is 0.469. The van der Waals surface area contributed by atoms with Crippen LogP contribution in [-0.2, 0) is 17.8 Å². The number of hydrogen-bond acceptors (Lipinski definition) is 4. The van der Waals surface area contributed by atoms with Gasteiger partial charge in [0.25, 0.3) is 0 Å². The fourth-order valence-corrected chi connectivity index (χ4v) is 2.08. The summed E-state index contributed by atoms with van der Waals surface area (Å²) in [6.07, 6.45) is 2.88. The molecule has 0 aliphatic carbocycles. The van der Waals surface area contributed by atoms with Crippen LogP contribution in [0, 0.1) is 0 Å². The van der Waals surface area contributed by atoms with Gasteiger partial charge in [-0.2, -0.15) is 0 Å². The van der Waals surface area contributed by atoms with Crippen LogP contribution in [0.25, 0.3) is 0 Å². The van der Waals surface area contributed by atoms with E-state index in [2.05, 4.69) is 5.16 Å². The van der Waals surface area contributed by atoms with Gasteiger partial charge in [-0.15, -0.1) is 0 Å². The number of aromatic nitrogens is 1. The Morgan fingerprint density at radius 2 is 2.28 bits per heavy atom. The second-order valence-corrected chi connectivity index (χ2v) is 4.41. The first-order chi connectivity index (χ1) is 8.63. The highest BCUT2D eigenvalue weighted by Gasteiger charge is 2.29. The van der Waals surface area contributed by atoms with Crippen molar-refractivity contribution in [3.8, 4) is 0 Å². The molecule has 6 nitrogen and oxygen atoms in total. The maximum Gasteiger partial charge on any atom is 0.358 e. The zero-order chi connectivity index (χ0) is 13.1. The Hall–Kier alpha value is -1.85. The average molecular weight is 252 g/mol. The number of carboxylic acids is 1. The summed E-state index contributed by atoms with van der Waals surface area (Å²) in [7, 11) is 0.